The number of amides is 2. The van der Waals surface area contributed by atoms with Crippen LogP contribution < -0.4 is 10.6 Å². The molecule has 3 aromatic rings. The molecule has 10 heteroatoms. The summed E-state index contributed by atoms with van der Waals surface area (Å²) >= 11 is 7.01. The van der Waals surface area contributed by atoms with E-state index in [9.17, 15) is 27.2 Å². The lowest BCUT2D eigenvalue weighted by molar-refractivity contribution is -0.137. The molecular formula is C22H15ClF4N2O2S. The maximum Gasteiger partial charge on any atom is 0.416 e. The van der Waals surface area contributed by atoms with Crippen molar-refractivity contribution in [2.75, 3.05) is 16.4 Å². The van der Waals surface area contributed by atoms with Crippen LogP contribution in [0.15, 0.2) is 71.6 Å². The van der Waals surface area contributed by atoms with Crippen molar-refractivity contribution >= 4 is 46.6 Å². The second-order valence-corrected chi connectivity index (χ2v) is 7.94. The number of rotatable bonds is 6. The molecule has 0 radical (unpaired) electrons. The minimum atomic E-state index is -4.55. The lowest BCUT2D eigenvalue weighted by Crippen LogP contribution is -2.15. The monoisotopic (exact) mass is 482 g/mol. The SMILES string of the molecule is O=C(CSc1ccc(NC(=O)c2ccccc2F)cc1)Nc1cc(C(F)(F)F)ccc1Cl. The number of alkyl halides is 3. The molecule has 3 rings (SSSR count). The highest BCUT2D eigenvalue weighted by atomic mass is 35.5. The largest absolute Gasteiger partial charge is 0.416 e. The van der Waals surface area contributed by atoms with Gasteiger partial charge in [-0.2, -0.15) is 13.2 Å². The van der Waals surface area contributed by atoms with Crippen molar-refractivity contribution in [2.24, 2.45) is 0 Å². The lowest BCUT2D eigenvalue weighted by Gasteiger charge is -2.11. The molecule has 0 aliphatic rings. The molecule has 0 aromatic heterocycles. The Kier molecular flexibility index (Phi) is 7.42. The van der Waals surface area contributed by atoms with Gasteiger partial charge in [-0.05, 0) is 54.6 Å². The summed E-state index contributed by atoms with van der Waals surface area (Å²) in [6.07, 6.45) is -4.55. The Morgan fingerprint density at radius 1 is 0.938 bits per heavy atom. The molecule has 0 heterocycles. The molecule has 166 valence electrons. The van der Waals surface area contributed by atoms with E-state index >= 15 is 0 Å². The zero-order valence-corrected chi connectivity index (χ0v) is 17.7. The number of carbonyl (C=O) groups excluding carboxylic acids is 2. The van der Waals surface area contributed by atoms with E-state index in [0.29, 0.717) is 10.6 Å². The highest BCUT2D eigenvalue weighted by molar-refractivity contribution is 8.00. The van der Waals surface area contributed by atoms with Crippen LogP contribution in [-0.2, 0) is 11.0 Å². The second-order valence-electron chi connectivity index (χ2n) is 6.49. The number of nitrogens with one attached hydrogen (secondary N) is 2. The molecule has 0 bridgehead atoms. The van der Waals surface area contributed by atoms with Crippen LogP contribution in [0.5, 0.6) is 0 Å². The maximum atomic E-state index is 13.7. The van der Waals surface area contributed by atoms with Crippen LogP contribution in [0.2, 0.25) is 5.02 Å². The maximum absolute atomic E-state index is 13.7. The van der Waals surface area contributed by atoms with Crippen LogP contribution in [0.1, 0.15) is 15.9 Å². The molecular weight excluding hydrogens is 468 g/mol. The van der Waals surface area contributed by atoms with Crippen molar-refractivity contribution in [1.82, 2.24) is 0 Å². The van der Waals surface area contributed by atoms with E-state index in [1.807, 2.05) is 0 Å². The van der Waals surface area contributed by atoms with Gasteiger partial charge in [0, 0.05) is 10.6 Å². The Balaban J connectivity index is 1.56. The van der Waals surface area contributed by atoms with Gasteiger partial charge in [0.15, 0.2) is 0 Å². The Bertz CT molecular complexity index is 1140. The highest BCUT2D eigenvalue weighted by Crippen LogP contribution is 2.34. The van der Waals surface area contributed by atoms with Gasteiger partial charge < -0.3 is 10.6 Å². The molecule has 2 N–H and O–H groups in total. The predicted molar refractivity (Wildman–Crippen MR) is 117 cm³/mol. The van der Waals surface area contributed by atoms with Crippen molar-refractivity contribution in [3.05, 3.63) is 88.7 Å². The van der Waals surface area contributed by atoms with Gasteiger partial charge in [-0.15, -0.1) is 11.8 Å². The van der Waals surface area contributed by atoms with Crippen molar-refractivity contribution in [2.45, 2.75) is 11.1 Å². The second kappa shape index (κ2) is 10.1. The summed E-state index contributed by atoms with van der Waals surface area (Å²) in [7, 11) is 0. The summed E-state index contributed by atoms with van der Waals surface area (Å²) in [4.78, 5) is 24.9. The number of hydrogen-bond acceptors (Lipinski definition) is 3. The standard InChI is InChI=1S/C22H15ClF4N2O2S/c23-17-10-5-13(22(25,26)27)11-19(17)29-20(30)12-32-15-8-6-14(7-9-15)28-21(31)16-3-1-2-4-18(16)24/h1-11H,12H2,(H,28,31)(H,29,30). The number of anilines is 2. The molecule has 3 aromatic carbocycles. The first-order chi connectivity index (χ1) is 15.1. The van der Waals surface area contributed by atoms with E-state index in [2.05, 4.69) is 10.6 Å². The average molecular weight is 483 g/mol. The van der Waals surface area contributed by atoms with Crippen LogP contribution in [0.4, 0.5) is 28.9 Å². The van der Waals surface area contributed by atoms with Crippen LogP contribution in [0, 0.1) is 5.82 Å². The summed E-state index contributed by atoms with van der Waals surface area (Å²) in [5.41, 5.74) is -0.699. The van der Waals surface area contributed by atoms with E-state index in [4.69, 9.17) is 11.6 Å². The molecule has 4 nitrogen and oxygen atoms in total. The van der Waals surface area contributed by atoms with Gasteiger partial charge >= 0.3 is 6.18 Å². The third kappa shape index (κ3) is 6.24. The summed E-state index contributed by atoms with van der Waals surface area (Å²) < 4.78 is 52.2. The summed E-state index contributed by atoms with van der Waals surface area (Å²) in [6, 6.07) is 14.7. The first-order valence-electron chi connectivity index (χ1n) is 9.09. The van der Waals surface area contributed by atoms with Gasteiger partial charge in [-0.3, -0.25) is 9.59 Å². The van der Waals surface area contributed by atoms with Crippen molar-refractivity contribution in [1.29, 1.82) is 0 Å². The smallest absolute Gasteiger partial charge is 0.324 e. The van der Waals surface area contributed by atoms with E-state index in [0.717, 1.165) is 30.0 Å². The van der Waals surface area contributed by atoms with Gasteiger partial charge in [-0.1, -0.05) is 23.7 Å². The molecule has 32 heavy (non-hydrogen) atoms. The molecule has 0 atom stereocenters. The van der Waals surface area contributed by atoms with Crippen molar-refractivity contribution < 1.29 is 27.2 Å². The molecule has 0 aliphatic carbocycles. The molecule has 0 saturated carbocycles. The molecule has 0 saturated heterocycles. The number of halogens is 5. The predicted octanol–water partition coefficient (Wildman–Crippen LogP) is 6.48. The van der Waals surface area contributed by atoms with Crippen LogP contribution in [0.25, 0.3) is 0 Å². The number of benzene rings is 3. The summed E-state index contributed by atoms with van der Waals surface area (Å²) in [5.74, 6) is -1.84. The van der Waals surface area contributed by atoms with Gasteiger partial charge in [0.25, 0.3) is 5.91 Å². The fraction of sp³-hybridized carbons (Fsp3) is 0.0909. The lowest BCUT2D eigenvalue weighted by atomic mass is 10.2. The van der Waals surface area contributed by atoms with Crippen molar-refractivity contribution in [3.8, 4) is 0 Å². The first-order valence-corrected chi connectivity index (χ1v) is 10.4. The van der Waals surface area contributed by atoms with Gasteiger partial charge in [0.05, 0.1) is 27.6 Å². The first kappa shape index (κ1) is 23.6. The third-order valence-electron chi connectivity index (χ3n) is 4.17. The zero-order chi connectivity index (χ0) is 23.3. The normalized spacial score (nSPS) is 11.2. The van der Waals surface area contributed by atoms with Gasteiger partial charge in [-0.25, -0.2) is 4.39 Å². The summed E-state index contributed by atoms with van der Waals surface area (Å²) in [5, 5.41) is 4.94. The number of hydrogen-bond donors (Lipinski definition) is 2. The topological polar surface area (TPSA) is 58.2 Å². The van der Waals surface area contributed by atoms with Gasteiger partial charge in [0.2, 0.25) is 5.91 Å². The van der Waals surface area contributed by atoms with Gasteiger partial charge in [0.1, 0.15) is 5.82 Å². The van der Waals surface area contributed by atoms with E-state index < -0.39 is 29.4 Å². The van der Waals surface area contributed by atoms with E-state index in [-0.39, 0.29) is 22.0 Å². The third-order valence-corrected chi connectivity index (χ3v) is 5.51. The quantitative estimate of drug-likeness (QED) is 0.312. The van der Waals surface area contributed by atoms with Crippen molar-refractivity contribution in [3.63, 3.8) is 0 Å². The van der Waals surface area contributed by atoms with Crippen LogP contribution >= 0.6 is 23.4 Å². The fourth-order valence-electron chi connectivity index (χ4n) is 2.61. The molecule has 2 amide bonds. The van der Waals surface area contributed by atoms with E-state index in [1.165, 1.54) is 18.2 Å². The minimum absolute atomic E-state index is 0.00806. The molecule has 0 unspecified atom stereocenters. The molecule has 0 aliphatic heterocycles. The minimum Gasteiger partial charge on any atom is -0.324 e. The number of thioether (sulfide) groups is 1. The Morgan fingerprint density at radius 3 is 2.28 bits per heavy atom. The van der Waals surface area contributed by atoms with Crippen LogP contribution in [-0.4, -0.2) is 17.6 Å². The highest BCUT2D eigenvalue weighted by Gasteiger charge is 2.31. The average Bonchev–Trinajstić information content (AvgIpc) is 2.74. The Hall–Kier alpha value is -3.04. The fourth-order valence-corrected chi connectivity index (χ4v) is 3.47. The molecule has 0 spiro atoms. The summed E-state index contributed by atoms with van der Waals surface area (Å²) in [6.45, 7) is 0. The Labute approximate surface area is 190 Å². The van der Waals surface area contributed by atoms with Crippen LogP contribution in [0.3, 0.4) is 0 Å². The zero-order valence-electron chi connectivity index (χ0n) is 16.2. The Morgan fingerprint density at radius 2 is 1.62 bits per heavy atom. The number of carbonyl (C=O) groups is 2. The van der Waals surface area contributed by atoms with E-state index in [1.54, 1.807) is 30.3 Å². The molecule has 0 fully saturated rings.